The van der Waals surface area contributed by atoms with Crippen molar-refractivity contribution in [1.82, 2.24) is 19.4 Å². The first-order chi connectivity index (χ1) is 12.3. The van der Waals surface area contributed by atoms with E-state index in [1.165, 1.54) is 25.9 Å². The minimum Gasteiger partial charge on any atom is -0.330 e. The summed E-state index contributed by atoms with van der Waals surface area (Å²) in [5, 5.41) is 0. The normalized spacial score (nSPS) is 14.9. The molecule has 25 heavy (non-hydrogen) atoms. The predicted molar refractivity (Wildman–Crippen MR) is 99.4 cm³/mol. The summed E-state index contributed by atoms with van der Waals surface area (Å²) < 4.78 is 2.21. The van der Waals surface area contributed by atoms with Gasteiger partial charge in [0, 0.05) is 42.8 Å². The highest BCUT2D eigenvalue weighted by Gasteiger charge is 2.13. The number of aromatic nitrogens is 3. The molecule has 4 rings (SSSR count). The van der Waals surface area contributed by atoms with Crippen LogP contribution in [-0.4, -0.2) is 39.1 Å². The average Bonchev–Trinajstić information content (AvgIpc) is 3.32. The fourth-order valence-corrected chi connectivity index (χ4v) is 3.45. The molecule has 128 valence electrons. The van der Waals surface area contributed by atoms with Gasteiger partial charge in [0.15, 0.2) is 0 Å². The number of aromatic amines is 1. The zero-order valence-electron chi connectivity index (χ0n) is 14.2. The van der Waals surface area contributed by atoms with E-state index in [0.717, 1.165) is 30.0 Å². The minimum atomic E-state index is -0.0673. The molecule has 0 unspecified atom stereocenters. The van der Waals surface area contributed by atoms with Crippen LogP contribution in [-0.2, 0) is 6.54 Å². The highest BCUT2D eigenvalue weighted by atomic mass is 16.1. The monoisotopic (exact) mass is 334 g/mol. The summed E-state index contributed by atoms with van der Waals surface area (Å²) in [5.74, 6) is 0.979. The van der Waals surface area contributed by atoms with Gasteiger partial charge in [-0.25, -0.2) is 4.98 Å². The molecule has 2 aromatic heterocycles. The predicted octanol–water partition coefficient (Wildman–Crippen LogP) is 3.00. The van der Waals surface area contributed by atoms with Crippen LogP contribution in [0.1, 0.15) is 12.8 Å². The van der Waals surface area contributed by atoms with Crippen molar-refractivity contribution in [2.24, 2.45) is 0 Å². The number of benzene rings is 1. The van der Waals surface area contributed by atoms with Crippen molar-refractivity contribution < 1.29 is 0 Å². The first kappa shape index (κ1) is 15.8. The number of hydrogen-bond donors (Lipinski definition) is 1. The summed E-state index contributed by atoms with van der Waals surface area (Å²) in [7, 11) is 0. The lowest BCUT2D eigenvalue weighted by Gasteiger charge is -2.16. The molecule has 1 aliphatic heterocycles. The van der Waals surface area contributed by atoms with E-state index in [-0.39, 0.29) is 5.56 Å². The van der Waals surface area contributed by atoms with Crippen LogP contribution in [0.2, 0.25) is 0 Å². The van der Waals surface area contributed by atoms with Gasteiger partial charge >= 0.3 is 0 Å². The standard InChI is InChI=1S/C20H22N4O/c25-20-18(4-3-9-22-20)16-5-7-17(8-6-16)19-21-10-13-24(19)15-14-23-11-1-2-12-23/h3-10,13H,1-2,11-12,14-15H2,(H,22,25). The van der Waals surface area contributed by atoms with E-state index in [1.807, 2.05) is 48.8 Å². The molecule has 3 aromatic rings. The summed E-state index contributed by atoms with van der Waals surface area (Å²) in [6.45, 7) is 4.45. The maximum Gasteiger partial charge on any atom is 0.255 e. The number of nitrogens with zero attached hydrogens (tertiary/aromatic N) is 3. The Balaban J connectivity index is 1.53. The Kier molecular flexibility index (Phi) is 4.48. The molecule has 0 atom stereocenters. The lowest BCUT2D eigenvalue weighted by Crippen LogP contribution is -2.24. The number of likely N-dealkylation sites (tertiary alicyclic amines) is 1. The van der Waals surface area contributed by atoms with Gasteiger partial charge in [-0.2, -0.15) is 0 Å². The fourth-order valence-electron chi connectivity index (χ4n) is 3.45. The molecule has 1 fully saturated rings. The number of nitrogens with one attached hydrogen (secondary N) is 1. The molecule has 0 spiro atoms. The van der Waals surface area contributed by atoms with Crippen LogP contribution in [0.15, 0.2) is 59.8 Å². The second-order valence-electron chi connectivity index (χ2n) is 6.48. The smallest absolute Gasteiger partial charge is 0.255 e. The molecule has 1 N–H and O–H groups in total. The second kappa shape index (κ2) is 7.07. The van der Waals surface area contributed by atoms with Crippen LogP contribution in [0.3, 0.4) is 0 Å². The first-order valence-corrected chi connectivity index (χ1v) is 8.83. The molecule has 1 saturated heterocycles. The van der Waals surface area contributed by atoms with Crippen LogP contribution in [0.4, 0.5) is 0 Å². The van der Waals surface area contributed by atoms with Gasteiger partial charge in [0.1, 0.15) is 5.82 Å². The Morgan fingerprint density at radius 3 is 2.52 bits per heavy atom. The second-order valence-corrected chi connectivity index (χ2v) is 6.48. The third-order valence-electron chi connectivity index (χ3n) is 4.84. The minimum absolute atomic E-state index is 0.0673. The molecule has 1 aliphatic rings. The van der Waals surface area contributed by atoms with Gasteiger partial charge in [0.05, 0.1) is 0 Å². The van der Waals surface area contributed by atoms with Crippen molar-refractivity contribution in [1.29, 1.82) is 0 Å². The number of rotatable bonds is 5. The Hall–Kier alpha value is -2.66. The van der Waals surface area contributed by atoms with Gasteiger partial charge in [0.2, 0.25) is 0 Å². The van der Waals surface area contributed by atoms with Gasteiger partial charge in [-0.1, -0.05) is 24.3 Å². The van der Waals surface area contributed by atoms with E-state index in [1.54, 1.807) is 6.20 Å². The van der Waals surface area contributed by atoms with Gasteiger partial charge < -0.3 is 14.5 Å². The van der Waals surface area contributed by atoms with E-state index in [2.05, 4.69) is 19.4 Å². The molecule has 3 heterocycles. The van der Waals surface area contributed by atoms with Crippen LogP contribution >= 0.6 is 0 Å². The van der Waals surface area contributed by atoms with Crippen molar-refractivity contribution in [2.45, 2.75) is 19.4 Å². The Bertz CT molecular complexity index is 888. The van der Waals surface area contributed by atoms with Gasteiger partial charge in [-0.05, 0) is 43.6 Å². The largest absolute Gasteiger partial charge is 0.330 e. The van der Waals surface area contributed by atoms with Gasteiger partial charge in [-0.3, -0.25) is 4.79 Å². The van der Waals surface area contributed by atoms with E-state index in [0.29, 0.717) is 5.56 Å². The van der Waals surface area contributed by atoms with Crippen molar-refractivity contribution >= 4 is 0 Å². The van der Waals surface area contributed by atoms with E-state index >= 15 is 0 Å². The van der Waals surface area contributed by atoms with E-state index in [9.17, 15) is 4.79 Å². The van der Waals surface area contributed by atoms with Crippen molar-refractivity contribution in [3.63, 3.8) is 0 Å². The number of pyridine rings is 1. The summed E-state index contributed by atoms with van der Waals surface area (Å²) in [4.78, 5) is 21.7. The van der Waals surface area contributed by atoms with Crippen molar-refractivity contribution in [3.8, 4) is 22.5 Å². The van der Waals surface area contributed by atoms with Crippen LogP contribution in [0.25, 0.3) is 22.5 Å². The Morgan fingerprint density at radius 1 is 1.00 bits per heavy atom. The summed E-state index contributed by atoms with van der Waals surface area (Å²) in [5.41, 5.74) is 2.61. The topological polar surface area (TPSA) is 53.9 Å². The quantitative estimate of drug-likeness (QED) is 0.780. The molecule has 1 aromatic carbocycles. The molecule has 0 aliphatic carbocycles. The summed E-state index contributed by atoms with van der Waals surface area (Å²) in [6.07, 6.45) is 8.18. The molecule has 0 bridgehead atoms. The molecule has 0 amide bonds. The molecule has 5 heteroatoms. The Morgan fingerprint density at radius 2 is 1.76 bits per heavy atom. The van der Waals surface area contributed by atoms with E-state index < -0.39 is 0 Å². The number of imidazole rings is 1. The SMILES string of the molecule is O=c1[nH]cccc1-c1ccc(-c2nccn2CCN2CCCC2)cc1. The van der Waals surface area contributed by atoms with Gasteiger partial charge in [-0.15, -0.1) is 0 Å². The number of H-pyrrole nitrogens is 1. The number of hydrogen-bond acceptors (Lipinski definition) is 3. The molecule has 5 nitrogen and oxygen atoms in total. The van der Waals surface area contributed by atoms with Crippen molar-refractivity contribution in [2.75, 3.05) is 19.6 Å². The fraction of sp³-hybridized carbons (Fsp3) is 0.300. The van der Waals surface area contributed by atoms with E-state index in [4.69, 9.17) is 0 Å². The average molecular weight is 334 g/mol. The molecular formula is C20H22N4O. The summed E-state index contributed by atoms with van der Waals surface area (Å²) in [6, 6.07) is 11.7. The zero-order chi connectivity index (χ0) is 17.1. The molecule has 0 saturated carbocycles. The lowest BCUT2D eigenvalue weighted by atomic mass is 10.1. The zero-order valence-corrected chi connectivity index (χ0v) is 14.2. The summed E-state index contributed by atoms with van der Waals surface area (Å²) >= 11 is 0. The third-order valence-corrected chi connectivity index (χ3v) is 4.84. The first-order valence-electron chi connectivity index (χ1n) is 8.83. The maximum absolute atomic E-state index is 11.9. The Labute approximate surface area is 147 Å². The third kappa shape index (κ3) is 3.42. The van der Waals surface area contributed by atoms with Gasteiger partial charge in [0.25, 0.3) is 5.56 Å². The van der Waals surface area contributed by atoms with Crippen LogP contribution < -0.4 is 5.56 Å². The molecule has 0 radical (unpaired) electrons. The highest BCUT2D eigenvalue weighted by Crippen LogP contribution is 2.22. The highest BCUT2D eigenvalue weighted by molar-refractivity contribution is 5.67. The van der Waals surface area contributed by atoms with Crippen LogP contribution in [0, 0.1) is 0 Å². The maximum atomic E-state index is 11.9. The van der Waals surface area contributed by atoms with Crippen LogP contribution in [0.5, 0.6) is 0 Å². The van der Waals surface area contributed by atoms with Crippen molar-refractivity contribution in [3.05, 3.63) is 65.3 Å². The lowest BCUT2D eigenvalue weighted by molar-refractivity contribution is 0.323. The molecular weight excluding hydrogens is 312 g/mol.